The molecule has 0 fully saturated rings. The van der Waals surface area contributed by atoms with E-state index < -0.39 is 21.8 Å². The molecule has 7 nitrogen and oxygen atoms in total. The van der Waals surface area contributed by atoms with Crippen molar-refractivity contribution in [2.24, 2.45) is 0 Å². The second kappa shape index (κ2) is 6.14. The molecule has 0 atom stereocenters. The summed E-state index contributed by atoms with van der Waals surface area (Å²) in [7, 11) is -2.79. The lowest BCUT2D eigenvalue weighted by molar-refractivity contribution is -0.141. The minimum atomic E-state index is -4.00. The molecule has 2 aromatic rings. The number of carbonyl (C=O) groups excluding carboxylic acids is 1. The molecule has 0 bridgehead atoms. The first-order valence-corrected chi connectivity index (χ1v) is 7.68. The van der Waals surface area contributed by atoms with Gasteiger partial charge in [0.05, 0.1) is 19.0 Å². The van der Waals surface area contributed by atoms with E-state index in [9.17, 15) is 17.6 Å². The first-order chi connectivity index (χ1) is 10.3. The number of sulfonamides is 1. The molecule has 1 heterocycles. The van der Waals surface area contributed by atoms with Crippen molar-refractivity contribution >= 4 is 21.7 Å². The average Bonchev–Trinajstić information content (AvgIpc) is 2.92. The zero-order chi connectivity index (χ0) is 16.3. The SMILES string of the molecule is COC(=O)Cn1cc(S(=O)(=O)Nc2cc(C)ccc2F)cn1. The normalized spacial score (nSPS) is 11.2. The molecule has 0 aliphatic carbocycles. The van der Waals surface area contributed by atoms with Crippen LogP contribution in [0.15, 0.2) is 35.5 Å². The molecule has 0 unspecified atom stereocenters. The van der Waals surface area contributed by atoms with Gasteiger partial charge in [-0.25, -0.2) is 12.8 Å². The van der Waals surface area contributed by atoms with Crippen molar-refractivity contribution in [3.05, 3.63) is 42.0 Å². The molecular formula is C13H14FN3O4S. The summed E-state index contributed by atoms with van der Waals surface area (Å²) < 4.78 is 45.7. The van der Waals surface area contributed by atoms with E-state index in [1.54, 1.807) is 6.92 Å². The zero-order valence-electron chi connectivity index (χ0n) is 11.9. The second-order valence-electron chi connectivity index (χ2n) is 4.54. The monoisotopic (exact) mass is 327 g/mol. The van der Waals surface area contributed by atoms with Gasteiger partial charge in [0.25, 0.3) is 10.0 Å². The highest BCUT2D eigenvalue weighted by Crippen LogP contribution is 2.20. The first kappa shape index (κ1) is 16.0. The van der Waals surface area contributed by atoms with Gasteiger partial charge in [0.1, 0.15) is 17.3 Å². The Labute approximate surface area is 126 Å². The topological polar surface area (TPSA) is 90.3 Å². The third-order valence-electron chi connectivity index (χ3n) is 2.80. The van der Waals surface area contributed by atoms with Crippen LogP contribution < -0.4 is 4.72 Å². The van der Waals surface area contributed by atoms with Crippen LogP contribution in [0.4, 0.5) is 10.1 Å². The van der Waals surface area contributed by atoms with Gasteiger partial charge in [0, 0.05) is 6.20 Å². The van der Waals surface area contributed by atoms with Crippen molar-refractivity contribution in [2.75, 3.05) is 11.8 Å². The van der Waals surface area contributed by atoms with E-state index in [0.29, 0.717) is 5.56 Å². The van der Waals surface area contributed by atoms with E-state index in [-0.39, 0.29) is 17.1 Å². The van der Waals surface area contributed by atoms with Crippen LogP contribution >= 0.6 is 0 Å². The molecule has 0 aliphatic rings. The van der Waals surface area contributed by atoms with Crippen LogP contribution in [0.2, 0.25) is 0 Å². The summed E-state index contributed by atoms with van der Waals surface area (Å²) in [5, 5.41) is 3.75. The number of benzene rings is 1. The summed E-state index contributed by atoms with van der Waals surface area (Å²) in [6.07, 6.45) is 2.23. The Kier molecular flexibility index (Phi) is 4.45. The van der Waals surface area contributed by atoms with Gasteiger partial charge < -0.3 is 4.74 Å². The Balaban J connectivity index is 2.23. The Morgan fingerprint density at radius 3 is 2.86 bits per heavy atom. The number of anilines is 1. The summed E-state index contributed by atoms with van der Waals surface area (Å²) in [6.45, 7) is 1.50. The number of hydrogen-bond donors (Lipinski definition) is 1. The first-order valence-electron chi connectivity index (χ1n) is 6.20. The number of nitrogens with zero attached hydrogens (tertiary/aromatic N) is 2. The van der Waals surface area contributed by atoms with E-state index in [1.807, 2.05) is 0 Å². The molecule has 0 saturated heterocycles. The van der Waals surface area contributed by atoms with Crippen LogP contribution in [0.25, 0.3) is 0 Å². The van der Waals surface area contributed by atoms with Gasteiger partial charge in [0.15, 0.2) is 0 Å². The van der Waals surface area contributed by atoms with Gasteiger partial charge in [-0.1, -0.05) is 6.07 Å². The number of esters is 1. The number of halogens is 1. The van der Waals surface area contributed by atoms with Crippen LogP contribution in [0, 0.1) is 12.7 Å². The number of nitrogens with one attached hydrogen (secondary N) is 1. The van der Waals surface area contributed by atoms with E-state index in [1.165, 1.54) is 25.3 Å². The predicted octanol–water partition coefficient (Wildman–Crippen LogP) is 1.30. The summed E-state index contributed by atoms with van der Waals surface area (Å²) in [5.74, 6) is -1.25. The van der Waals surface area contributed by atoms with E-state index >= 15 is 0 Å². The number of hydrogen-bond acceptors (Lipinski definition) is 5. The Morgan fingerprint density at radius 2 is 2.18 bits per heavy atom. The quantitative estimate of drug-likeness (QED) is 0.836. The Morgan fingerprint density at radius 1 is 1.45 bits per heavy atom. The molecule has 9 heteroatoms. The Bertz CT molecular complexity index is 801. The molecule has 118 valence electrons. The number of ether oxygens (including phenoxy) is 1. The number of aromatic nitrogens is 2. The van der Waals surface area contributed by atoms with Crippen molar-refractivity contribution < 1.29 is 22.3 Å². The molecule has 0 amide bonds. The Hall–Kier alpha value is -2.42. The van der Waals surface area contributed by atoms with Gasteiger partial charge in [0.2, 0.25) is 0 Å². The predicted molar refractivity (Wildman–Crippen MR) is 76.2 cm³/mol. The van der Waals surface area contributed by atoms with Gasteiger partial charge in [-0.3, -0.25) is 14.2 Å². The maximum atomic E-state index is 13.6. The average molecular weight is 327 g/mol. The highest BCUT2D eigenvalue weighted by Gasteiger charge is 2.19. The molecule has 1 N–H and O–H groups in total. The zero-order valence-corrected chi connectivity index (χ0v) is 12.7. The van der Waals surface area contributed by atoms with Crippen LogP contribution in [-0.2, 0) is 26.1 Å². The summed E-state index contributed by atoms with van der Waals surface area (Å²) in [5.41, 5.74) is 0.557. The van der Waals surface area contributed by atoms with Crippen molar-refractivity contribution in [1.82, 2.24) is 9.78 Å². The lowest BCUT2D eigenvalue weighted by atomic mass is 10.2. The summed E-state index contributed by atoms with van der Waals surface area (Å²) in [6, 6.07) is 4.08. The van der Waals surface area contributed by atoms with Crippen molar-refractivity contribution in [3.63, 3.8) is 0 Å². The van der Waals surface area contributed by atoms with Crippen LogP contribution in [0.3, 0.4) is 0 Å². The van der Waals surface area contributed by atoms with Crippen LogP contribution in [0.5, 0.6) is 0 Å². The van der Waals surface area contributed by atoms with Gasteiger partial charge >= 0.3 is 5.97 Å². The molecule has 1 aromatic heterocycles. The van der Waals surface area contributed by atoms with Crippen molar-refractivity contribution in [1.29, 1.82) is 0 Å². The molecule has 2 rings (SSSR count). The highest BCUT2D eigenvalue weighted by atomic mass is 32.2. The highest BCUT2D eigenvalue weighted by molar-refractivity contribution is 7.92. The largest absolute Gasteiger partial charge is 0.468 e. The number of carbonyl (C=O) groups is 1. The second-order valence-corrected chi connectivity index (χ2v) is 6.22. The van der Waals surface area contributed by atoms with E-state index in [0.717, 1.165) is 17.1 Å². The number of methoxy groups -OCH3 is 1. The number of aryl methyl sites for hydroxylation is 1. The van der Waals surface area contributed by atoms with E-state index in [4.69, 9.17) is 0 Å². The minimum Gasteiger partial charge on any atom is -0.468 e. The van der Waals surface area contributed by atoms with Gasteiger partial charge in [-0.05, 0) is 24.6 Å². The molecule has 0 saturated carbocycles. The maximum Gasteiger partial charge on any atom is 0.327 e. The third kappa shape index (κ3) is 3.61. The van der Waals surface area contributed by atoms with Crippen molar-refractivity contribution in [2.45, 2.75) is 18.4 Å². The molecule has 1 aromatic carbocycles. The summed E-state index contributed by atoms with van der Waals surface area (Å²) >= 11 is 0. The van der Waals surface area contributed by atoms with Crippen LogP contribution in [-0.4, -0.2) is 31.3 Å². The standard InChI is InChI=1S/C13H14FN3O4S/c1-9-3-4-11(14)12(5-9)16-22(19,20)10-6-15-17(7-10)8-13(18)21-2/h3-7,16H,8H2,1-2H3. The fourth-order valence-electron chi connectivity index (χ4n) is 1.69. The molecule has 22 heavy (non-hydrogen) atoms. The van der Waals surface area contributed by atoms with E-state index in [2.05, 4.69) is 14.6 Å². The third-order valence-corrected chi connectivity index (χ3v) is 4.12. The van der Waals surface area contributed by atoms with Crippen LogP contribution in [0.1, 0.15) is 5.56 Å². The fraction of sp³-hybridized carbons (Fsp3) is 0.231. The van der Waals surface area contributed by atoms with Gasteiger partial charge in [-0.2, -0.15) is 5.10 Å². The molecule has 0 radical (unpaired) electrons. The molecule has 0 spiro atoms. The minimum absolute atomic E-state index is 0.152. The van der Waals surface area contributed by atoms with Crippen molar-refractivity contribution in [3.8, 4) is 0 Å². The fourth-order valence-corrected chi connectivity index (χ4v) is 2.70. The molecular weight excluding hydrogens is 313 g/mol. The summed E-state index contributed by atoms with van der Waals surface area (Å²) in [4.78, 5) is 10.9. The maximum absolute atomic E-state index is 13.6. The molecule has 0 aliphatic heterocycles. The smallest absolute Gasteiger partial charge is 0.327 e. The number of rotatable bonds is 5. The van der Waals surface area contributed by atoms with Gasteiger partial charge in [-0.15, -0.1) is 0 Å². The lowest BCUT2D eigenvalue weighted by Gasteiger charge is -2.08. The lowest BCUT2D eigenvalue weighted by Crippen LogP contribution is -2.14.